The molecular weight excluding hydrogens is 400 g/mol. The molecule has 3 heterocycles. The van der Waals surface area contributed by atoms with Crippen LogP contribution in [0.15, 0.2) is 34.0 Å². The van der Waals surface area contributed by atoms with E-state index in [0.717, 1.165) is 20.3 Å². The average Bonchev–Trinajstić information content (AvgIpc) is 3.23. The third kappa shape index (κ3) is 3.45. The highest BCUT2D eigenvalue weighted by atomic mass is 32.2. The minimum Gasteiger partial charge on any atom is -0.495 e. The van der Waals surface area contributed by atoms with E-state index < -0.39 is 0 Å². The smallest absolute Gasteiger partial charge is 0.302 e. The number of imidazole rings is 1. The van der Waals surface area contributed by atoms with Gasteiger partial charge >= 0.3 is 5.97 Å². The predicted molar refractivity (Wildman–Crippen MR) is 107 cm³/mol. The molecule has 0 amide bonds. The van der Waals surface area contributed by atoms with Crippen LogP contribution in [0.3, 0.4) is 0 Å². The first-order chi connectivity index (χ1) is 13.6. The van der Waals surface area contributed by atoms with Crippen LogP contribution in [0.2, 0.25) is 0 Å². The number of nitrogen functional groups attached to an aromatic ring is 1. The molecule has 0 aliphatic rings. The Morgan fingerprint density at radius 3 is 2.96 bits per heavy atom. The normalized spacial score (nSPS) is 11.2. The monoisotopic (exact) mass is 416 g/mol. The lowest BCUT2D eigenvalue weighted by Crippen LogP contribution is -2.10. The Morgan fingerprint density at radius 1 is 1.32 bits per heavy atom. The van der Waals surface area contributed by atoms with Crippen LogP contribution >= 0.6 is 23.1 Å². The van der Waals surface area contributed by atoms with Crippen molar-refractivity contribution in [3.05, 3.63) is 24.5 Å². The number of nitrogens with zero attached hydrogens (tertiary/aromatic N) is 5. The maximum atomic E-state index is 11.1. The van der Waals surface area contributed by atoms with Gasteiger partial charge in [0, 0.05) is 6.92 Å². The highest BCUT2D eigenvalue weighted by molar-refractivity contribution is 8.01. The van der Waals surface area contributed by atoms with Gasteiger partial charge in [0.2, 0.25) is 0 Å². The van der Waals surface area contributed by atoms with Gasteiger partial charge in [-0.15, -0.1) is 11.3 Å². The van der Waals surface area contributed by atoms with Crippen molar-refractivity contribution < 1.29 is 14.3 Å². The molecule has 0 fully saturated rings. The Bertz CT molecular complexity index is 1170. The van der Waals surface area contributed by atoms with Gasteiger partial charge in [-0.2, -0.15) is 0 Å². The van der Waals surface area contributed by atoms with E-state index in [2.05, 4.69) is 19.9 Å². The van der Waals surface area contributed by atoms with E-state index in [1.807, 2.05) is 22.8 Å². The first-order valence-electron chi connectivity index (χ1n) is 8.28. The fourth-order valence-corrected chi connectivity index (χ4v) is 4.83. The van der Waals surface area contributed by atoms with Gasteiger partial charge in [-0.05, 0) is 23.9 Å². The number of thiazole rings is 1. The SMILES string of the molecule is COc1cccc2nc(Sc3nc4c(N)ncnc4n3CCOC(C)=O)sc12. The predicted octanol–water partition coefficient (Wildman–Crippen LogP) is 2.74. The molecule has 0 aliphatic heterocycles. The van der Waals surface area contributed by atoms with Crippen LogP contribution < -0.4 is 10.5 Å². The number of fused-ring (bicyclic) bond motifs is 2. The van der Waals surface area contributed by atoms with Crippen molar-refractivity contribution in [2.24, 2.45) is 0 Å². The molecule has 0 saturated heterocycles. The zero-order valence-electron chi connectivity index (χ0n) is 15.1. The summed E-state index contributed by atoms with van der Waals surface area (Å²) in [5.41, 5.74) is 7.90. The second-order valence-corrected chi connectivity index (χ2v) is 7.92. The molecule has 144 valence electrons. The number of carbonyl (C=O) groups excluding carboxylic acids is 1. The molecule has 0 unspecified atom stereocenters. The molecule has 1 aromatic carbocycles. The van der Waals surface area contributed by atoms with Gasteiger partial charge in [-0.3, -0.25) is 9.36 Å². The van der Waals surface area contributed by atoms with E-state index in [4.69, 9.17) is 15.2 Å². The molecule has 0 aliphatic carbocycles. The van der Waals surface area contributed by atoms with Crippen LogP contribution in [0.4, 0.5) is 5.82 Å². The van der Waals surface area contributed by atoms with Gasteiger partial charge in [0.25, 0.3) is 0 Å². The first kappa shape index (κ1) is 18.4. The molecule has 2 N–H and O–H groups in total. The summed E-state index contributed by atoms with van der Waals surface area (Å²) in [5.74, 6) is 0.732. The molecule has 28 heavy (non-hydrogen) atoms. The number of methoxy groups -OCH3 is 1. The number of hydrogen-bond acceptors (Lipinski definition) is 10. The van der Waals surface area contributed by atoms with Crippen molar-refractivity contribution in [3.63, 3.8) is 0 Å². The van der Waals surface area contributed by atoms with E-state index in [9.17, 15) is 4.79 Å². The highest BCUT2D eigenvalue weighted by Crippen LogP contribution is 2.38. The van der Waals surface area contributed by atoms with Crippen molar-refractivity contribution in [1.82, 2.24) is 24.5 Å². The summed E-state index contributed by atoms with van der Waals surface area (Å²) in [4.78, 5) is 28.6. The molecule has 4 aromatic rings. The zero-order chi connectivity index (χ0) is 19.7. The number of esters is 1. The van der Waals surface area contributed by atoms with Crippen LogP contribution in [-0.2, 0) is 16.1 Å². The largest absolute Gasteiger partial charge is 0.495 e. The van der Waals surface area contributed by atoms with Gasteiger partial charge in [0.15, 0.2) is 26.5 Å². The minimum absolute atomic E-state index is 0.200. The van der Waals surface area contributed by atoms with Crippen molar-refractivity contribution in [2.75, 3.05) is 19.5 Å². The molecule has 9 nitrogen and oxygen atoms in total. The third-order valence-electron chi connectivity index (χ3n) is 3.90. The van der Waals surface area contributed by atoms with Gasteiger partial charge < -0.3 is 15.2 Å². The fourth-order valence-electron chi connectivity index (χ4n) is 2.68. The Kier molecular flexibility index (Phi) is 5.01. The van der Waals surface area contributed by atoms with Crippen molar-refractivity contribution >= 4 is 56.3 Å². The number of anilines is 1. The molecule has 0 atom stereocenters. The minimum atomic E-state index is -0.342. The highest BCUT2D eigenvalue weighted by Gasteiger charge is 2.18. The second kappa shape index (κ2) is 7.60. The number of nitrogens with two attached hydrogens (primary N) is 1. The molecule has 0 saturated carbocycles. The van der Waals surface area contributed by atoms with Gasteiger partial charge in [-0.1, -0.05) is 6.07 Å². The van der Waals surface area contributed by atoms with Crippen LogP contribution in [-0.4, -0.2) is 44.2 Å². The number of rotatable bonds is 6. The van der Waals surface area contributed by atoms with Crippen LogP contribution in [0.25, 0.3) is 21.4 Å². The van der Waals surface area contributed by atoms with E-state index in [0.29, 0.717) is 28.7 Å². The molecule has 0 bridgehead atoms. The Hall–Kier alpha value is -2.92. The van der Waals surface area contributed by atoms with E-state index in [1.54, 1.807) is 7.11 Å². The van der Waals surface area contributed by atoms with Crippen molar-refractivity contribution in [1.29, 1.82) is 0 Å². The Morgan fingerprint density at radius 2 is 2.18 bits per heavy atom. The maximum Gasteiger partial charge on any atom is 0.302 e. The molecule has 11 heteroatoms. The topological polar surface area (TPSA) is 118 Å². The summed E-state index contributed by atoms with van der Waals surface area (Å²) in [6, 6.07) is 5.74. The molecule has 0 spiro atoms. The summed E-state index contributed by atoms with van der Waals surface area (Å²) in [6.07, 6.45) is 1.39. The second-order valence-electron chi connectivity index (χ2n) is 5.71. The Balaban J connectivity index is 1.73. The molecule has 0 radical (unpaired) electrons. The average molecular weight is 416 g/mol. The number of hydrogen-bond donors (Lipinski definition) is 1. The van der Waals surface area contributed by atoms with E-state index in [-0.39, 0.29) is 12.6 Å². The van der Waals surface area contributed by atoms with Crippen LogP contribution in [0, 0.1) is 0 Å². The molecule has 3 aromatic heterocycles. The van der Waals surface area contributed by atoms with Crippen molar-refractivity contribution in [3.8, 4) is 5.75 Å². The number of carbonyl (C=O) groups is 1. The van der Waals surface area contributed by atoms with Gasteiger partial charge in [0.05, 0.1) is 23.9 Å². The third-order valence-corrected chi connectivity index (χ3v) is 6.04. The molecule has 4 rings (SSSR count). The van der Waals surface area contributed by atoms with Crippen molar-refractivity contribution in [2.45, 2.75) is 23.0 Å². The summed E-state index contributed by atoms with van der Waals surface area (Å²) in [5, 5.41) is 0.646. The summed E-state index contributed by atoms with van der Waals surface area (Å²) >= 11 is 2.91. The van der Waals surface area contributed by atoms with E-state index >= 15 is 0 Å². The number of benzene rings is 1. The quantitative estimate of drug-likeness (QED) is 0.473. The lowest BCUT2D eigenvalue weighted by Gasteiger charge is -2.07. The standard InChI is InChI=1S/C17H16N6O3S2/c1-9(24)26-7-6-23-15-12(14(18)19-8-20-15)22-16(23)28-17-21-10-4-3-5-11(25-2)13(10)27-17/h3-5,8H,6-7H2,1-2H3,(H2,18,19,20). The Labute approximate surface area is 167 Å². The van der Waals surface area contributed by atoms with Gasteiger partial charge in [0.1, 0.15) is 18.7 Å². The lowest BCUT2D eigenvalue weighted by atomic mass is 10.3. The van der Waals surface area contributed by atoms with E-state index in [1.165, 1.54) is 36.3 Å². The zero-order valence-corrected chi connectivity index (χ0v) is 16.7. The van der Waals surface area contributed by atoms with Gasteiger partial charge in [-0.25, -0.2) is 19.9 Å². The van der Waals surface area contributed by atoms with Crippen LogP contribution in [0.5, 0.6) is 5.75 Å². The fraction of sp³-hybridized carbons (Fsp3) is 0.235. The summed E-state index contributed by atoms with van der Waals surface area (Å²) in [7, 11) is 1.64. The van der Waals surface area contributed by atoms with Crippen LogP contribution in [0.1, 0.15) is 6.92 Å². The summed E-state index contributed by atoms with van der Waals surface area (Å²) < 4.78 is 14.1. The molecular formula is C17H16N6O3S2. The number of ether oxygens (including phenoxy) is 2. The number of aromatic nitrogens is 5. The maximum absolute atomic E-state index is 11.1. The summed E-state index contributed by atoms with van der Waals surface area (Å²) in [6.45, 7) is 1.96. The lowest BCUT2D eigenvalue weighted by molar-refractivity contribution is -0.141. The first-order valence-corrected chi connectivity index (χ1v) is 9.91.